The molecular formula is C14H26ClN5O. The fourth-order valence-electron chi connectivity index (χ4n) is 2.06. The van der Waals surface area contributed by atoms with Crippen LogP contribution in [0.4, 0.5) is 11.9 Å². The molecule has 0 saturated carbocycles. The van der Waals surface area contributed by atoms with Gasteiger partial charge in [0.1, 0.15) is 0 Å². The highest BCUT2D eigenvalue weighted by molar-refractivity contribution is 6.28. The van der Waals surface area contributed by atoms with Crippen LogP contribution < -0.4 is 10.2 Å². The van der Waals surface area contributed by atoms with Gasteiger partial charge in [-0.1, -0.05) is 20.8 Å². The molecule has 1 aromatic rings. The van der Waals surface area contributed by atoms with Crippen LogP contribution in [-0.4, -0.2) is 45.8 Å². The Morgan fingerprint density at radius 1 is 1.19 bits per heavy atom. The van der Waals surface area contributed by atoms with Crippen molar-refractivity contribution in [3.05, 3.63) is 5.28 Å². The lowest BCUT2D eigenvalue weighted by molar-refractivity contribution is 0.235. The first-order chi connectivity index (χ1) is 9.81. The van der Waals surface area contributed by atoms with Gasteiger partial charge in [0.05, 0.1) is 0 Å². The Morgan fingerprint density at radius 2 is 1.81 bits per heavy atom. The van der Waals surface area contributed by atoms with Gasteiger partial charge in [-0.05, 0) is 37.3 Å². The van der Waals surface area contributed by atoms with E-state index in [1.165, 1.54) is 0 Å². The first-order valence-electron chi connectivity index (χ1n) is 7.35. The van der Waals surface area contributed by atoms with Crippen molar-refractivity contribution in [2.45, 2.75) is 47.1 Å². The monoisotopic (exact) mass is 315 g/mol. The van der Waals surface area contributed by atoms with Crippen molar-refractivity contribution in [2.75, 3.05) is 29.9 Å². The molecule has 0 aliphatic carbocycles. The molecule has 120 valence electrons. The van der Waals surface area contributed by atoms with Gasteiger partial charge in [0, 0.05) is 25.7 Å². The molecule has 0 fully saturated rings. The van der Waals surface area contributed by atoms with Gasteiger partial charge >= 0.3 is 0 Å². The Hall–Kier alpha value is -1.14. The molecule has 0 radical (unpaired) electrons. The number of halogens is 1. The fraction of sp³-hybridized carbons (Fsp3) is 0.786. The standard InChI is InChI=1S/C14H26ClN5O/c1-6-20(7-2)13-18-11(15)17-12(19-13)16-10(8-9-21)14(3,4)5/h10,21H,6-9H2,1-5H3,(H,16,17,18,19). The van der Waals surface area contributed by atoms with E-state index < -0.39 is 0 Å². The van der Waals surface area contributed by atoms with Gasteiger partial charge in [0.2, 0.25) is 17.2 Å². The Labute approximate surface area is 132 Å². The Balaban J connectivity index is 3.01. The molecule has 0 aliphatic heterocycles. The van der Waals surface area contributed by atoms with Crippen molar-refractivity contribution in [1.29, 1.82) is 0 Å². The molecule has 0 saturated heterocycles. The third-order valence-corrected chi connectivity index (χ3v) is 3.58. The minimum absolute atomic E-state index is 0.0306. The summed E-state index contributed by atoms with van der Waals surface area (Å²) in [5.74, 6) is 1.02. The SMILES string of the molecule is CCN(CC)c1nc(Cl)nc(NC(CCO)C(C)(C)C)n1. The molecular weight excluding hydrogens is 290 g/mol. The highest BCUT2D eigenvalue weighted by atomic mass is 35.5. The van der Waals surface area contributed by atoms with Crippen LogP contribution in [0.2, 0.25) is 5.28 Å². The van der Waals surface area contributed by atoms with Crippen LogP contribution in [0.15, 0.2) is 0 Å². The molecule has 21 heavy (non-hydrogen) atoms. The van der Waals surface area contributed by atoms with Crippen LogP contribution in [0.5, 0.6) is 0 Å². The van der Waals surface area contributed by atoms with Crippen molar-refractivity contribution in [3.8, 4) is 0 Å². The highest BCUT2D eigenvalue weighted by Crippen LogP contribution is 2.25. The lowest BCUT2D eigenvalue weighted by Gasteiger charge is -2.31. The number of hydrogen-bond donors (Lipinski definition) is 2. The second-order valence-electron chi connectivity index (χ2n) is 5.98. The maximum atomic E-state index is 9.22. The summed E-state index contributed by atoms with van der Waals surface area (Å²) in [5.41, 5.74) is -0.0306. The van der Waals surface area contributed by atoms with E-state index in [4.69, 9.17) is 11.6 Å². The molecule has 6 nitrogen and oxygen atoms in total. The van der Waals surface area contributed by atoms with Gasteiger partial charge in [-0.3, -0.25) is 0 Å². The minimum atomic E-state index is -0.0306. The summed E-state index contributed by atoms with van der Waals surface area (Å²) in [5, 5.41) is 12.7. The number of anilines is 2. The molecule has 0 amide bonds. The number of aliphatic hydroxyl groups is 1. The van der Waals surface area contributed by atoms with E-state index in [2.05, 4.69) is 41.0 Å². The van der Waals surface area contributed by atoms with E-state index in [1.54, 1.807) is 0 Å². The molecule has 0 bridgehead atoms. The maximum absolute atomic E-state index is 9.22. The average molecular weight is 316 g/mol. The zero-order valence-corrected chi connectivity index (χ0v) is 14.3. The number of hydrogen-bond acceptors (Lipinski definition) is 6. The molecule has 0 aliphatic rings. The summed E-state index contributed by atoms with van der Waals surface area (Å²) < 4.78 is 0. The van der Waals surface area contributed by atoms with Crippen LogP contribution in [0.3, 0.4) is 0 Å². The van der Waals surface area contributed by atoms with Crippen molar-refractivity contribution in [3.63, 3.8) is 0 Å². The second kappa shape index (κ2) is 7.75. The van der Waals surface area contributed by atoms with Gasteiger partial charge in [0.25, 0.3) is 0 Å². The Bertz CT molecular complexity index is 445. The molecule has 1 atom stereocenters. The third kappa shape index (κ3) is 5.28. The van der Waals surface area contributed by atoms with Crippen molar-refractivity contribution in [2.24, 2.45) is 5.41 Å². The third-order valence-electron chi connectivity index (χ3n) is 3.41. The van der Waals surface area contributed by atoms with E-state index in [1.807, 2.05) is 18.7 Å². The zero-order chi connectivity index (χ0) is 16.0. The average Bonchev–Trinajstić information content (AvgIpc) is 2.38. The van der Waals surface area contributed by atoms with E-state index in [-0.39, 0.29) is 23.3 Å². The molecule has 0 aromatic carbocycles. The number of aromatic nitrogens is 3. The first-order valence-corrected chi connectivity index (χ1v) is 7.73. The van der Waals surface area contributed by atoms with Crippen molar-refractivity contribution >= 4 is 23.5 Å². The predicted molar refractivity (Wildman–Crippen MR) is 87.0 cm³/mol. The van der Waals surface area contributed by atoms with Crippen LogP contribution in [0.1, 0.15) is 41.0 Å². The highest BCUT2D eigenvalue weighted by Gasteiger charge is 2.25. The lowest BCUT2D eigenvalue weighted by atomic mass is 9.85. The second-order valence-corrected chi connectivity index (χ2v) is 6.31. The summed E-state index contributed by atoms with van der Waals surface area (Å²) in [6, 6.07) is 0.0468. The molecule has 2 N–H and O–H groups in total. The number of nitrogens with zero attached hydrogens (tertiary/aromatic N) is 4. The van der Waals surface area contributed by atoms with Crippen molar-refractivity contribution < 1.29 is 5.11 Å². The van der Waals surface area contributed by atoms with Gasteiger partial charge < -0.3 is 15.3 Å². The van der Waals surface area contributed by atoms with E-state index >= 15 is 0 Å². The van der Waals surface area contributed by atoms with Gasteiger partial charge in [-0.2, -0.15) is 15.0 Å². The molecule has 1 rings (SSSR count). The first kappa shape index (κ1) is 17.9. The van der Waals surface area contributed by atoms with Crippen LogP contribution in [0.25, 0.3) is 0 Å². The topological polar surface area (TPSA) is 74.2 Å². The largest absolute Gasteiger partial charge is 0.396 e. The van der Waals surface area contributed by atoms with E-state index in [0.29, 0.717) is 18.3 Å². The summed E-state index contributed by atoms with van der Waals surface area (Å²) in [6.45, 7) is 12.1. The lowest BCUT2D eigenvalue weighted by Crippen LogP contribution is -2.36. The number of aliphatic hydroxyl groups excluding tert-OH is 1. The smallest absolute Gasteiger partial charge is 0.231 e. The summed E-state index contributed by atoms with van der Waals surface area (Å²) in [4.78, 5) is 14.8. The zero-order valence-electron chi connectivity index (χ0n) is 13.5. The van der Waals surface area contributed by atoms with Gasteiger partial charge in [0.15, 0.2) is 0 Å². The van der Waals surface area contributed by atoms with Gasteiger partial charge in [-0.25, -0.2) is 0 Å². The minimum Gasteiger partial charge on any atom is -0.396 e. The number of rotatable bonds is 7. The summed E-state index contributed by atoms with van der Waals surface area (Å²) >= 11 is 6.00. The normalized spacial score (nSPS) is 13.1. The van der Waals surface area contributed by atoms with Crippen molar-refractivity contribution in [1.82, 2.24) is 15.0 Å². The fourth-order valence-corrected chi connectivity index (χ4v) is 2.21. The van der Waals surface area contributed by atoms with Crippen LogP contribution >= 0.6 is 11.6 Å². The Kier molecular flexibility index (Phi) is 6.61. The molecule has 1 heterocycles. The quantitative estimate of drug-likeness (QED) is 0.805. The van der Waals surface area contributed by atoms with Crippen LogP contribution in [0, 0.1) is 5.41 Å². The van der Waals surface area contributed by atoms with Gasteiger partial charge in [-0.15, -0.1) is 0 Å². The summed E-state index contributed by atoms with van der Waals surface area (Å²) in [7, 11) is 0. The maximum Gasteiger partial charge on any atom is 0.231 e. The Morgan fingerprint density at radius 3 is 2.29 bits per heavy atom. The predicted octanol–water partition coefficient (Wildman–Crippen LogP) is 2.58. The van der Waals surface area contributed by atoms with E-state index in [9.17, 15) is 5.11 Å². The summed E-state index contributed by atoms with van der Waals surface area (Å²) in [6.07, 6.45) is 0.618. The molecule has 1 aromatic heterocycles. The van der Waals surface area contributed by atoms with Crippen LogP contribution in [-0.2, 0) is 0 Å². The number of nitrogens with one attached hydrogen (secondary N) is 1. The molecule has 0 spiro atoms. The van der Waals surface area contributed by atoms with E-state index in [0.717, 1.165) is 13.1 Å². The molecule has 7 heteroatoms. The molecule has 1 unspecified atom stereocenters.